The van der Waals surface area contributed by atoms with Gasteiger partial charge in [-0.25, -0.2) is 9.59 Å². The monoisotopic (exact) mass is 370 g/mol. The third kappa shape index (κ3) is 5.84. The summed E-state index contributed by atoms with van der Waals surface area (Å²) in [6.45, 7) is 4.11. The number of aromatic hydroxyl groups is 1. The Hall–Kier alpha value is -2.82. The minimum atomic E-state index is -0.733. The largest absolute Gasteiger partial charge is 0.507 e. The predicted molar refractivity (Wildman–Crippen MR) is 103 cm³/mol. The third-order valence-corrected chi connectivity index (χ3v) is 4.29. The van der Waals surface area contributed by atoms with Crippen LogP contribution < -0.4 is 4.74 Å². The highest BCUT2D eigenvalue weighted by Gasteiger charge is 2.21. The first kappa shape index (κ1) is 20.5. The molecule has 0 saturated heterocycles. The van der Waals surface area contributed by atoms with Crippen LogP contribution in [0.2, 0.25) is 0 Å². The number of phenolic OH excluding ortho intramolecular Hbond substituents is 1. The van der Waals surface area contributed by atoms with Gasteiger partial charge in [0.25, 0.3) is 0 Å². The molecule has 0 spiro atoms. The van der Waals surface area contributed by atoms with Gasteiger partial charge in [0.15, 0.2) is 0 Å². The molecule has 0 radical (unpaired) electrons. The zero-order chi connectivity index (χ0) is 19.6. The highest BCUT2D eigenvalue weighted by Crippen LogP contribution is 2.24. The molecule has 0 bridgehead atoms. The van der Waals surface area contributed by atoms with E-state index in [1.807, 2.05) is 6.92 Å². The maximum absolute atomic E-state index is 12.6. The molecule has 1 unspecified atom stereocenters. The number of ether oxygens (including phenoxy) is 2. The Kier molecular flexibility index (Phi) is 7.86. The lowest BCUT2D eigenvalue weighted by Gasteiger charge is -2.17. The SMILES string of the molecule is CCCCCC(CC)OC(=O)c1ccccc1OC(=O)c1ccccc1O. The molecule has 2 rings (SSSR count). The number of para-hydroxylation sites is 2. The molecule has 5 heteroatoms. The van der Waals surface area contributed by atoms with Gasteiger partial charge in [-0.05, 0) is 43.5 Å². The van der Waals surface area contributed by atoms with Crippen molar-refractivity contribution in [2.24, 2.45) is 0 Å². The van der Waals surface area contributed by atoms with Gasteiger partial charge in [0, 0.05) is 0 Å². The summed E-state index contributed by atoms with van der Waals surface area (Å²) in [5, 5.41) is 9.80. The molecule has 2 aromatic rings. The Morgan fingerprint density at radius 1 is 0.926 bits per heavy atom. The second-order valence-electron chi connectivity index (χ2n) is 6.33. The summed E-state index contributed by atoms with van der Waals surface area (Å²) in [6.07, 6.45) is 4.60. The van der Waals surface area contributed by atoms with Gasteiger partial charge >= 0.3 is 11.9 Å². The van der Waals surface area contributed by atoms with E-state index in [1.165, 1.54) is 18.2 Å². The average Bonchev–Trinajstić information content (AvgIpc) is 2.68. The van der Waals surface area contributed by atoms with Gasteiger partial charge in [-0.15, -0.1) is 0 Å². The first-order valence-electron chi connectivity index (χ1n) is 9.37. The number of esters is 2. The number of unbranched alkanes of at least 4 members (excludes halogenated alkanes) is 2. The summed E-state index contributed by atoms with van der Waals surface area (Å²) < 4.78 is 11.0. The number of hydrogen-bond donors (Lipinski definition) is 1. The van der Waals surface area contributed by atoms with Gasteiger partial charge < -0.3 is 14.6 Å². The van der Waals surface area contributed by atoms with E-state index in [1.54, 1.807) is 30.3 Å². The molecule has 144 valence electrons. The van der Waals surface area contributed by atoms with Crippen molar-refractivity contribution in [3.8, 4) is 11.5 Å². The number of rotatable bonds is 9. The second kappa shape index (κ2) is 10.4. The van der Waals surface area contributed by atoms with E-state index in [-0.39, 0.29) is 28.7 Å². The normalized spacial score (nSPS) is 11.6. The Morgan fingerprint density at radius 3 is 2.26 bits per heavy atom. The molecular formula is C22H26O5. The van der Waals surface area contributed by atoms with Crippen molar-refractivity contribution < 1.29 is 24.2 Å². The Labute approximate surface area is 159 Å². The number of phenols is 1. The van der Waals surface area contributed by atoms with Crippen molar-refractivity contribution in [2.75, 3.05) is 0 Å². The summed E-state index contributed by atoms with van der Waals surface area (Å²) in [7, 11) is 0. The second-order valence-corrected chi connectivity index (χ2v) is 6.33. The predicted octanol–water partition coefficient (Wildman–Crippen LogP) is 5.13. The van der Waals surface area contributed by atoms with Crippen LogP contribution in [0.3, 0.4) is 0 Å². The maximum Gasteiger partial charge on any atom is 0.347 e. The molecule has 0 heterocycles. The Bertz CT molecular complexity index is 769. The molecular weight excluding hydrogens is 344 g/mol. The molecule has 1 atom stereocenters. The summed E-state index contributed by atoms with van der Waals surface area (Å²) in [5.74, 6) is -1.31. The number of benzene rings is 2. The van der Waals surface area contributed by atoms with Crippen LogP contribution in [0.5, 0.6) is 11.5 Å². The van der Waals surface area contributed by atoms with Gasteiger partial charge in [0.05, 0.1) is 0 Å². The smallest absolute Gasteiger partial charge is 0.347 e. The van der Waals surface area contributed by atoms with E-state index in [2.05, 4.69) is 6.92 Å². The lowest BCUT2D eigenvalue weighted by atomic mass is 10.1. The fraction of sp³-hybridized carbons (Fsp3) is 0.364. The summed E-state index contributed by atoms with van der Waals surface area (Å²) >= 11 is 0. The number of carbonyl (C=O) groups excluding carboxylic acids is 2. The molecule has 0 aromatic heterocycles. The van der Waals surface area contributed by atoms with E-state index < -0.39 is 11.9 Å². The molecule has 0 aliphatic carbocycles. The van der Waals surface area contributed by atoms with E-state index >= 15 is 0 Å². The average molecular weight is 370 g/mol. The molecule has 5 nitrogen and oxygen atoms in total. The van der Waals surface area contributed by atoms with E-state index in [0.717, 1.165) is 32.1 Å². The molecule has 0 aliphatic rings. The summed E-state index contributed by atoms with van der Waals surface area (Å²) in [6, 6.07) is 12.5. The van der Waals surface area contributed by atoms with E-state index in [4.69, 9.17) is 9.47 Å². The Balaban J connectivity index is 2.11. The highest BCUT2D eigenvalue weighted by atomic mass is 16.6. The molecule has 0 saturated carbocycles. The van der Waals surface area contributed by atoms with Crippen LogP contribution in [-0.2, 0) is 4.74 Å². The van der Waals surface area contributed by atoms with Gasteiger partial charge in [-0.2, -0.15) is 0 Å². The van der Waals surface area contributed by atoms with Crippen molar-refractivity contribution in [1.29, 1.82) is 0 Å². The fourth-order valence-corrected chi connectivity index (χ4v) is 2.71. The number of hydrogen-bond acceptors (Lipinski definition) is 5. The number of carbonyl (C=O) groups is 2. The Morgan fingerprint density at radius 2 is 1.59 bits per heavy atom. The quantitative estimate of drug-likeness (QED) is 0.376. The first-order valence-corrected chi connectivity index (χ1v) is 9.37. The zero-order valence-corrected chi connectivity index (χ0v) is 15.8. The standard InChI is InChI=1S/C22H26O5/c1-3-5-6-11-16(4-2)26-22(25)18-13-8-10-15-20(18)27-21(24)17-12-7-9-14-19(17)23/h7-10,12-16,23H,3-6,11H2,1-2H3. The fourth-order valence-electron chi connectivity index (χ4n) is 2.71. The van der Waals surface area contributed by atoms with Crippen molar-refractivity contribution >= 4 is 11.9 Å². The topological polar surface area (TPSA) is 72.8 Å². The molecule has 27 heavy (non-hydrogen) atoms. The van der Waals surface area contributed by atoms with Crippen molar-refractivity contribution in [3.05, 3.63) is 59.7 Å². The van der Waals surface area contributed by atoms with Crippen molar-refractivity contribution in [3.63, 3.8) is 0 Å². The summed E-state index contributed by atoms with van der Waals surface area (Å²) in [4.78, 5) is 24.9. The van der Waals surface area contributed by atoms with Crippen LogP contribution in [-0.4, -0.2) is 23.1 Å². The van der Waals surface area contributed by atoms with Crippen LogP contribution in [0.25, 0.3) is 0 Å². The van der Waals surface area contributed by atoms with Crippen LogP contribution >= 0.6 is 0 Å². The van der Waals surface area contributed by atoms with Crippen LogP contribution in [0.15, 0.2) is 48.5 Å². The molecule has 1 N–H and O–H groups in total. The van der Waals surface area contributed by atoms with Gasteiger partial charge in [0.1, 0.15) is 28.7 Å². The molecule has 0 fully saturated rings. The van der Waals surface area contributed by atoms with Crippen molar-refractivity contribution in [2.45, 2.75) is 52.1 Å². The summed E-state index contributed by atoms with van der Waals surface area (Å²) in [5.41, 5.74) is 0.224. The molecule has 0 aliphatic heterocycles. The third-order valence-electron chi connectivity index (χ3n) is 4.29. The highest BCUT2D eigenvalue weighted by molar-refractivity contribution is 5.97. The zero-order valence-electron chi connectivity index (χ0n) is 15.8. The van der Waals surface area contributed by atoms with Gasteiger partial charge in [0.2, 0.25) is 0 Å². The molecule has 0 amide bonds. The van der Waals surface area contributed by atoms with E-state index in [9.17, 15) is 14.7 Å². The van der Waals surface area contributed by atoms with Gasteiger partial charge in [-0.3, -0.25) is 0 Å². The van der Waals surface area contributed by atoms with Gasteiger partial charge in [-0.1, -0.05) is 51.0 Å². The van der Waals surface area contributed by atoms with Crippen molar-refractivity contribution in [1.82, 2.24) is 0 Å². The lowest BCUT2D eigenvalue weighted by Crippen LogP contribution is -2.19. The minimum Gasteiger partial charge on any atom is -0.507 e. The maximum atomic E-state index is 12.6. The first-order chi connectivity index (χ1) is 13.1. The van der Waals surface area contributed by atoms with Crippen LogP contribution in [0, 0.1) is 0 Å². The molecule has 2 aromatic carbocycles. The van der Waals surface area contributed by atoms with Crippen LogP contribution in [0.4, 0.5) is 0 Å². The van der Waals surface area contributed by atoms with E-state index in [0.29, 0.717) is 0 Å². The van der Waals surface area contributed by atoms with Crippen LogP contribution in [0.1, 0.15) is 66.7 Å². The lowest BCUT2D eigenvalue weighted by molar-refractivity contribution is 0.0264. The minimum absolute atomic E-state index is 0.0340.